The van der Waals surface area contributed by atoms with E-state index in [4.69, 9.17) is 4.74 Å². The second kappa shape index (κ2) is 6.78. The minimum Gasteiger partial charge on any atom is -0.488 e. The molecule has 0 saturated heterocycles. The summed E-state index contributed by atoms with van der Waals surface area (Å²) >= 11 is 0. The molecular weight excluding hydrogens is 245 g/mol. The van der Waals surface area contributed by atoms with Gasteiger partial charge >= 0.3 is 0 Å². The van der Waals surface area contributed by atoms with Crippen LogP contribution in [0.15, 0.2) is 36.7 Å². The number of anilines is 1. The maximum absolute atomic E-state index is 12.7. The first-order valence-electron chi connectivity index (χ1n) is 6.42. The average Bonchev–Trinajstić information content (AvgIpc) is 2.85. The molecule has 5 heteroatoms. The van der Waals surface area contributed by atoms with Crippen LogP contribution in [0.4, 0.5) is 10.1 Å². The molecule has 1 aromatic heterocycles. The summed E-state index contributed by atoms with van der Waals surface area (Å²) in [5, 5.41) is 7.34. The lowest BCUT2D eigenvalue weighted by molar-refractivity contribution is 0.332. The van der Waals surface area contributed by atoms with Gasteiger partial charge in [-0.1, -0.05) is 6.92 Å². The molecule has 0 bridgehead atoms. The molecule has 1 aromatic carbocycles. The van der Waals surface area contributed by atoms with Crippen LogP contribution in [0.5, 0.6) is 5.75 Å². The fraction of sp³-hybridized carbons (Fsp3) is 0.357. The van der Waals surface area contributed by atoms with Gasteiger partial charge in [0.1, 0.15) is 12.4 Å². The molecule has 2 aromatic rings. The summed E-state index contributed by atoms with van der Waals surface area (Å²) in [6, 6.07) is 6.26. The van der Waals surface area contributed by atoms with Crippen LogP contribution < -0.4 is 10.1 Å². The molecule has 2 rings (SSSR count). The molecule has 0 aliphatic heterocycles. The van der Waals surface area contributed by atoms with Crippen LogP contribution in [0.3, 0.4) is 0 Å². The first-order chi connectivity index (χ1) is 9.28. The lowest BCUT2D eigenvalue weighted by Gasteiger charge is -2.06. The van der Waals surface area contributed by atoms with E-state index in [1.54, 1.807) is 18.3 Å². The predicted octanol–water partition coefficient (Wildman–Crippen LogP) is 2.92. The van der Waals surface area contributed by atoms with Crippen molar-refractivity contribution in [3.63, 3.8) is 0 Å². The number of benzene rings is 1. The number of halogens is 1. The Bertz CT molecular complexity index is 496. The van der Waals surface area contributed by atoms with Gasteiger partial charge in [0.25, 0.3) is 0 Å². The Labute approximate surface area is 112 Å². The third kappa shape index (κ3) is 4.28. The molecule has 0 saturated carbocycles. The summed E-state index contributed by atoms with van der Waals surface area (Å²) in [4.78, 5) is 0. The Hall–Kier alpha value is -2.04. The summed E-state index contributed by atoms with van der Waals surface area (Å²) in [5.74, 6) is 0.541. The molecule has 0 aliphatic carbocycles. The summed E-state index contributed by atoms with van der Waals surface area (Å²) in [5.41, 5.74) is 0.881. The highest BCUT2D eigenvalue weighted by molar-refractivity contribution is 5.42. The molecule has 0 spiro atoms. The van der Waals surface area contributed by atoms with Gasteiger partial charge in [0.2, 0.25) is 0 Å². The van der Waals surface area contributed by atoms with Gasteiger partial charge in [-0.3, -0.25) is 4.68 Å². The first-order valence-corrected chi connectivity index (χ1v) is 6.42. The van der Waals surface area contributed by atoms with E-state index < -0.39 is 0 Å². The van der Waals surface area contributed by atoms with E-state index in [9.17, 15) is 4.39 Å². The molecule has 0 aliphatic rings. The number of aromatic nitrogens is 2. The molecule has 0 atom stereocenters. The molecule has 1 N–H and O–H groups in total. The molecule has 4 nitrogen and oxygen atoms in total. The summed E-state index contributed by atoms with van der Waals surface area (Å²) in [6.07, 6.45) is 4.65. The van der Waals surface area contributed by atoms with Crippen molar-refractivity contribution in [2.24, 2.45) is 0 Å². The molecule has 0 amide bonds. The van der Waals surface area contributed by atoms with Gasteiger partial charge in [0, 0.05) is 18.8 Å². The van der Waals surface area contributed by atoms with Crippen molar-refractivity contribution in [1.82, 2.24) is 9.78 Å². The van der Waals surface area contributed by atoms with Crippen molar-refractivity contribution >= 4 is 5.69 Å². The van der Waals surface area contributed by atoms with Gasteiger partial charge in [0.05, 0.1) is 12.4 Å². The third-order valence-electron chi connectivity index (χ3n) is 2.61. The number of aryl methyl sites for hydroxylation is 1. The van der Waals surface area contributed by atoms with E-state index >= 15 is 0 Å². The number of nitrogens with zero attached hydrogens (tertiary/aromatic N) is 2. The maximum atomic E-state index is 12.7. The minimum absolute atomic E-state index is 0.231. The zero-order valence-electron chi connectivity index (χ0n) is 11.0. The molecule has 0 unspecified atom stereocenters. The van der Waals surface area contributed by atoms with E-state index in [-0.39, 0.29) is 5.82 Å². The van der Waals surface area contributed by atoms with Crippen LogP contribution >= 0.6 is 0 Å². The fourth-order valence-electron chi connectivity index (χ4n) is 1.70. The number of hydrogen-bond donors (Lipinski definition) is 1. The summed E-state index contributed by atoms with van der Waals surface area (Å²) < 4.78 is 20.1. The lowest BCUT2D eigenvalue weighted by atomic mass is 10.3. The van der Waals surface area contributed by atoms with Crippen molar-refractivity contribution in [2.45, 2.75) is 19.9 Å². The maximum Gasteiger partial charge on any atom is 0.157 e. The van der Waals surface area contributed by atoms with Gasteiger partial charge in [-0.25, -0.2) is 4.39 Å². The Morgan fingerprint density at radius 1 is 1.32 bits per heavy atom. The van der Waals surface area contributed by atoms with E-state index in [2.05, 4.69) is 17.3 Å². The van der Waals surface area contributed by atoms with E-state index in [1.807, 2.05) is 10.9 Å². The standard InChI is InChI=1S/C14H18FN3O/c1-2-8-18-11-14(10-17-18)19-9-7-16-13-5-3-12(15)4-6-13/h3-6,10-11,16H,2,7-9H2,1H3. The Balaban J connectivity index is 1.69. The van der Waals surface area contributed by atoms with Crippen molar-refractivity contribution in [3.8, 4) is 5.75 Å². The Morgan fingerprint density at radius 3 is 2.84 bits per heavy atom. The largest absolute Gasteiger partial charge is 0.488 e. The van der Waals surface area contributed by atoms with Crippen molar-refractivity contribution in [3.05, 3.63) is 42.5 Å². The van der Waals surface area contributed by atoms with Gasteiger partial charge in [-0.05, 0) is 30.7 Å². The number of nitrogens with one attached hydrogen (secondary N) is 1. The van der Waals surface area contributed by atoms with Gasteiger partial charge in [-0.2, -0.15) is 5.10 Å². The zero-order valence-corrected chi connectivity index (χ0v) is 11.0. The molecule has 19 heavy (non-hydrogen) atoms. The number of rotatable bonds is 7. The van der Waals surface area contributed by atoms with Crippen molar-refractivity contribution in [1.29, 1.82) is 0 Å². The van der Waals surface area contributed by atoms with Crippen LogP contribution in [-0.4, -0.2) is 22.9 Å². The van der Waals surface area contributed by atoms with Gasteiger partial charge in [0.15, 0.2) is 5.75 Å². The molecule has 0 fully saturated rings. The number of ether oxygens (including phenoxy) is 1. The van der Waals surface area contributed by atoms with Crippen LogP contribution in [-0.2, 0) is 6.54 Å². The second-order valence-electron chi connectivity index (χ2n) is 4.22. The summed E-state index contributed by atoms with van der Waals surface area (Å²) in [6.45, 7) is 4.20. The van der Waals surface area contributed by atoms with E-state index in [0.29, 0.717) is 13.2 Å². The highest BCUT2D eigenvalue weighted by atomic mass is 19.1. The normalized spacial score (nSPS) is 10.4. The SMILES string of the molecule is CCCn1cc(OCCNc2ccc(F)cc2)cn1. The highest BCUT2D eigenvalue weighted by Crippen LogP contribution is 2.10. The molecule has 1 heterocycles. The average molecular weight is 263 g/mol. The Morgan fingerprint density at radius 2 is 2.11 bits per heavy atom. The number of hydrogen-bond acceptors (Lipinski definition) is 3. The quantitative estimate of drug-likeness (QED) is 0.781. The van der Waals surface area contributed by atoms with Crippen LogP contribution in [0.2, 0.25) is 0 Å². The molecule has 102 valence electrons. The van der Waals surface area contributed by atoms with Crippen LogP contribution in [0.1, 0.15) is 13.3 Å². The zero-order chi connectivity index (χ0) is 13.5. The summed E-state index contributed by atoms with van der Waals surface area (Å²) in [7, 11) is 0. The van der Waals surface area contributed by atoms with Crippen molar-refractivity contribution < 1.29 is 9.13 Å². The van der Waals surface area contributed by atoms with Crippen LogP contribution in [0.25, 0.3) is 0 Å². The van der Waals surface area contributed by atoms with E-state index in [0.717, 1.165) is 24.4 Å². The molecule has 0 radical (unpaired) electrons. The third-order valence-corrected chi connectivity index (χ3v) is 2.61. The minimum atomic E-state index is -0.231. The predicted molar refractivity (Wildman–Crippen MR) is 72.9 cm³/mol. The van der Waals surface area contributed by atoms with Gasteiger partial charge < -0.3 is 10.1 Å². The monoisotopic (exact) mass is 263 g/mol. The smallest absolute Gasteiger partial charge is 0.157 e. The fourth-order valence-corrected chi connectivity index (χ4v) is 1.70. The van der Waals surface area contributed by atoms with E-state index in [1.165, 1.54) is 12.1 Å². The van der Waals surface area contributed by atoms with Crippen molar-refractivity contribution in [2.75, 3.05) is 18.5 Å². The Kier molecular flexibility index (Phi) is 4.78. The van der Waals surface area contributed by atoms with Crippen LogP contribution in [0, 0.1) is 5.82 Å². The topological polar surface area (TPSA) is 39.1 Å². The van der Waals surface area contributed by atoms with Gasteiger partial charge in [-0.15, -0.1) is 0 Å². The highest BCUT2D eigenvalue weighted by Gasteiger charge is 1.98. The molecular formula is C14H18FN3O. The first kappa shape index (κ1) is 13.4. The lowest BCUT2D eigenvalue weighted by Crippen LogP contribution is -2.11. The second-order valence-corrected chi connectivity index (χ2v) is 4.22.